The molecule has 0 radical (unpaired) electrons. The Morgan fingerprint density at radius 1 is 1.29 bits per heavy atom. The second-order valence-electron chi connectivity index (χ2n) is 5.61. The number of sulfonamides is 1. The van der Waals surface area contributed by atoms with Crippen molar-refractivity contribution >= 4 is 21.2 Å². The number of nitrogens with zero attached hydrogens (tertiary/aromatic N) is 2. The fourth-order valence-electron chi connectivity index (χ4n) is 2.51. The normalized spacial score (nSPS) is 11.8. The topological polar surface area (TPSA) is 96.3 Å². The Balaban J connectivity index is 2.10. The number of aromatic nitrogens is 3. The first kappa shape index (κ1) is 16.3. The summed E-state index contributed by atoms with van der Waals surface area (Å²) in [7, 11) is -3.81. The highest BCUT2D eigenvalue weighted by atomic mass is 32.2. The minimum Gasteiger partial charge on any atom is -0.297 e. The Morgan fingerprint density at radius 2 is 2.04 bits per heavy atom. The van der Waals surface area contributed by atoms with Crippen LogP contribution in [0.3, 0.4) is 0 Å². The van der Waals surface area contributed by atoms with E-state index in [1.54, 1.807) is 12.1 Å². The maximum atomic E-state index is 12.7. The fourth-order valence-corrected chi connectivity index (χ4v) is 3.65. The number of H-pyrrole nitrogens is 1. The molecule has 3 aromatic rings. The van der Waals surface area contributed by atoms with E-state index in [-0.39, 0.29) is 10.4 Å². The van der Waals surface area contributed by atoms with Gasteiger partial charge in [0.25, 0.3) is 15.6 Å². The van der Waals surface area contributed by atoms with E-state index in [2.05, 4.69) is 14.9 Å². The zero-order valence-electron chi connectivity index (χ0n) is 13.6. The molecule has 0 fully saturated rings. The van der Waals surface area contributed by atoms with Crippen molar-refractivity contribution in [2.45, 2.75) is 32.1 Å². The Hall–Kier alpha value is -2.61. The van der Waals surface area contributed by atoms with E-state index in [0.29, 0.717) is 17.9 Å². The van der Waals surface area contributed by atoms with Crippen molar-refractivity contribution in [3.05, 3.63) is 57.8 Å². The van der Waals surface area contributed by atoms with Crippen molar-refractivity contribution in [3.8, 4) is 0 Å². The number of benzene rings is 1. The van der Waals surface area contributed by atoms with Crippen LogP contribution in [0, 0.1) is 13.8 Å². The summed E-state index contributed by atoms with van der Waals surface area (Å²) in [5.41, 5.74) is 2.20. The Labute approximate surface area is 139 Å². The lowest BCUT2D eigenvalue weighted by molar-refractivity contribution is 0.601. The van der Waals surface area contributed by atoms with Gasteiger partial charge in [0.15, 0.2) is 0 Å². The van der Waals surface area contributed by atoms with Gasteiger partial charge in [-0.2, -0.15) is 5.10 Å². The first-order valence-corrected chi connectivity index (χ1v) is 9.00. The summed E-state index contributed by atoms with van der Waals surface area (Å²) in [5, 5.41) is 6.32. The Bertz CT molecular complexity index is 1080. The van der Waals surface area contributed by atoms with Gasteiger partial charge in [0, 0.05) is 12.6 Å². The molecule has 7 nitrogen and oxygen atoms in total. The molecule has 0 atom stereocenters. The molecule has 0 bridgehead atoms. The van der Waals surface area contributed by atoms with E-state index < -0.39 is 15.6 Å². The molecule has 1 aromatic carbocycles. The van der Waals surface area contributed by atoms with Crippen LogP contribution >= 0.6 is 0 Å². The minimum absolute atomic E-state index is 0.0246. The lowest BCUT2D eigenvalue weighted by Gasteiger charge is -2.11. The monoisotopic (exact) mass is 346 g/mol. The summed E-state index contributed by atoms with van der Waals surface area (Å²) in [4.78, 5) is 11.9. The van der Waals surface area contributed by atoms with Crippen LogP contribution in [0.4, 0.5) is 5.69 Å². The van der Waals surface area contributed by atoms with Crippen LogP contribution in [0.15, 0.2) is 40.2 Å². The average Bonchev–Trinajstić information content (AvgIpc) is 2.99. The van der Waals surface area contributed by atoms with Crippen molar-refractivity contribution in [2.24, 2.45) is 0 Å². The van der Waals surface area contributed by atoms with Crippen LogP contribution in [0.2, 0.25) is 0 Å². The third-order valence-corrected chi connectivity index (χ3v) is 5.40. The van der Waals surface area contributed by atoms with Gasteiger partial charge >= 0.3 is 0 Å². The molecule has 3 rings (SSSR count). The Morgan fingerprint density at radius 3 is 2.75 bits per heavy atom. The van der Waals surface area contributed by atoms with Crippen LogP contribution in [0.5, 0.6) is 0 Å². The Kier molecular flexibility index (Phi) is 3.92. The summed E-state index contributed by atoms with van der Waals surface area (Å²) in [6.45, 7) is 5.65. The van der Waals surface area contributed by atoms with Crippen LogP contribution in [-0.4, -0.2) is 23.0 Å². The molecule has 2 aromatic heterocycles. The highest BCUT2D eigenvalue weighted by Gasteiger charge is 2.20. The number of aryl methyl sites for hydroxylation is 2. The highest BCUT2D eigenvalue weighted by Crippen LogP contribution is 2.23. The number of nitrogens with one attached hydrogen (secondary N) is 2. The largest absolute Gasteiger partial charge is 0.297 e. The summed E-state index contributed by atoms with van der Waals surface area (Å²) in [5.74, 6) is 0.581. The summed E-state index contributed by atoms with van der Waals surface area (Å²) < 4.78 is 29.5. The van der Waals surface area contributed by atoms with Gasteiger partial charge in [-0.05, 0) is 37.1 Å². The summed E-state index contributed by atoms with van der Waals surface area (Å²) in [6, 6.07) is 6.77. The number of fused-ring (bicyclic) bond motifs is 1. The van der Waals surface area contributed by atoms with Gasteiger partial charge in [0.1, 0.15) is 16.2 Å². The molecule has 0 aliphatic rings. The lowest BCUT2D eigenvalue weighted by Crippen LogP contribution is -2.14. The maximum absolute atomic E-state index is 12.7. The predicted octanol–water partition coefficient (Wildman–Crippen LogP) is 2.00. The zero-order valence-corrected chi connectivity index (χ0v) is 14.4. The lowest BCUT2D eigenvalue weighted by atomic mass is 10.1. The van der Waals surface area contributed by atoms with Crippen molar-refractivity contribution < 1.29 is 8.42 Å². The standard InChI is InChI=1S/C16H18N4O3S/c1-4-15-17-18-16(21)14-8-12(9-20(14)15)24(22,23)19-13-7-5-6-10(2)11(13)3/h5-9,19H,4H2,1-3H3,(H,18,21). The van der Waals surface area contributed by atoms with Crippen molar-refractivity contribution in [3.63, 3.8) is 0 Å². The number of rotatable bonds is 4. The van der Waals surface area contributed by atoms with Crippen molar-refractivity contribution in [2.75, 3.05) is 4.72 Å². The third kappa shape index (κ3) is 2.69. The molecular formula is C16H18N4O3S. The van der Waals surface area contributed by atoms with E-state index in [0.717, 1.165) is 11.1 Å². The van der Waals surface area contributed by atoms with Crippen LogP contribution in [-0.2, 0) is 16.4 Å². The number of aromatic amines is 1. The van der Waals surface area contributed by atoms with Gasteiger partial charge in [-0.1, -0.05) is 19.1 Å². The third-order valence-electron chi connectivity index (χ3n) is 4.07. The first-order valence-electron chi connectivity index (χ1n) is 7.52. The average molecular weight is 346 g/mol. The number of hydrogen-bond acceptors (Lipinski definition) is 4. The van der Waals surface area contributed by atoms with E-state index >= 15 is 0 Å². The second kappa shape index (κ2) is 5.79. The van der Waals surface area contributed by atoms with E-state index in [4.69, 9.17) is 0 Å². The molecule has 0 spiro atoms. The summed E-state index contributed by atoms with van der Waals surface area (Å²) in [6.07, 6.45) is 1.98. The fraction of sp³-hybridized carbons (Fsp3) is 0.250. The highest BCUT2D eigenvalue weighted by molar-refractivity contribution is 7.92. The summed E-state index contributed by atoms with van der Waals surface area (Å²) >= 11 is 0. The van der Waals surface area contributed by atoms with Gasteiger partial charge in [0.05, 0.1) is 5.69 Å². The molecule has 0 aliphatic carbocycles. The molecule has 0 aliphatic heterocycles. The molecule has 2 N–H and O–H groups in total. The second-order valence-corrected chi connectivity index (χ2v) is 7.29. The van der Waals surface area contributed by atoms with E-state index in [1.807, 2.05) is 26.8 Å². The molecule has 126 valence electrons. The van der Waals surface area contributed by atoms with Gasteiger partial charge in [0.2, 0.25) is 0 Å². The van der Waals surface area contributed by atoms with E-state index in [9.17, 15) is 13.2 Å². The minimum atomic E-state index is -3.81. The van der Waals surface area contributed by atoms with E-state index in [1.165, 1.54) is 16.7 Å². The van der Waals surface area contributed by atoms with Gasteiger partial charge in [-0.3, -0.25) is 13.9 Å². The van der Waals surface area contributed by atoms with Crippen molar-refractivity contribution in [1.82, 2.24) is 14.6 Å². The molecule has 2 heterocycles. The maximum Gasteiger partial charge on any atom is 0.288 e. The van der Waals surface area contributed by atoms with Crippen LogP contribution < -0.4 is 10.3 Å². The van der Waals surface area contributed by atoms with Gasteiger partial charge < -0.3 is 0 Å². The molecule has 0 unspecified atom stereocenters. The number of anilines is 1. The quantitative estimate of drug-likeness (QED) is 0.755. The predicted molar refractivity (Wildman–Crippen MR) is 91.9 cm³/mol. The molecule has 0 amide bonds. The zero-order chi connectivity index (χ0) is 17.5. The van der Waals surface area contributed by atoms with Gasteiger partial charge in [-0.25, -0.2) is 13.5 Å². The van der Waals surface area contributed by atoms with Crippen LogP contribution in [0.1, 0.15) is 23.9 Å². The molecule has 0 saturated carbocycles. The van der Waals surface area contributed by atoms with Crippen LogP contribution in [0.25, 0.3) is 5.52 Å². The number of hydrogen-bond donors (Lipinski definition) is 2. The molecular weight excluding hydrogens is 328 g/mol. The SMILES string of the molecule is CCc1n[nH]c(=O)c2cc(S(=O)(=O)Nc3cccc(C)c3C)cn12. The first-order chi connectivity index (χ1) is 11.3. The van der Waals surface area contributed by atoms with Crippen molar-refractivity contribution in [1.29, 1.82) is 0 Å². The molecule has 24 heavy (non-hydrogen) atoms. The molecule has 0 saturated heterocycles. The smallest absolute Gasteiger partial charge is 0.288 e. The molecule has 8 heteroatoms. The van der Waals surface area contributed by atoms with Gasteiger partial charge in [-0.15, -0.1) is 0 Å².